The topological polar surface area (TPSA) is 59.3 Å². The van der Waals surface area contributed by atoms with Gasteiger partial charge in [0.25, 0.3) is 0 Å². The van der Waals surface area contributed by atoms with Gasteiger partial charge in [-0.25, -0.2) is 4.39 Å². The predicted molar refractivity (Wildman–Crippen MR) is 73.8 cm³/mol. The highest BCUT2D eigenvalue weighted by atomic mass is 19.1. The van der Waals surface area contributed by atoms with Gasteiger partial charge in [0.15, 0.2) is 17.8 Å². The standard InChI is InChI=1S/C16H12FNO3/c1-20-15-4-2-3-12(9-19)16(15)21-10-13-6-5-11(8-18)7-14(13)17/h2-7,9H,10H2,1H3. The zero-order valence-electron chi connectivity index (χ0n) is 11.3. The monoisotopic (exact) mass is 285 g/mol. The predicted octanol–water partition coefficient (Wildman–Crippen LogP) is 3.10. The molecule has 0 spiro atoms. The Labute approximate surface area is 121 Å². The van der Waals surface area contributed by atoms with E-state index in [-0.39, 0.29) is 23.5 Å². The molecule has 0 saturated carbocycles. The lowest BCUT2D eigenvalue weighted by molar-refractivity contribution is 0.111. The fourth-order valence-corrected chi connectivity index (χ4v) is 1.82. The van der Waals surface area contributed by atoms with Gasteiger partial charge in [-0.1, -0.05) is 12.1 Å². The summed E-state index contributed by atoms with van der Waals surface area (Å²) in [5.41, 5.74) is 0.849. The van der Waals surface area contributed by atoms with Crippen LogP contribution in [0.3, 0.4) is 0 Å². The van der Waals surface area contributed by atoms with Crippen molar-refractivity contribution in [1.82, 2.24) is 0 Å². The minimum atomic E-state index is -0.531. The second kappa shape index (κ2) is 6.53. The molecule has 106 valence electrons. The Hall–Kier alpha value is -2.87. The number of ether oxygens (including phenoxy) is 2. The van der Waals surface area contributed by atoms with Crippen molar-refractivity contribution < 1.29 is 18.7 Å². The molecule has 0 fully saturated rings. The Bertz CT molecular complexity index is 707. The van der Waals surface area contributed by atoms with Gasteiger partial charge in [0.05, 0.1) is 24.3 Å². The molecule has 0 radical (unpaired) electrons. The van der Waals surface area contributed by atoms with Gasteiger partial charge in [0.2, 0.25) is 0 Å². The molecule has 0 amide bonds. The smallest absolute Gasteiger partial charge is 0.172 e. The van der Waals surface area contributed by atoms with Crippen LogP contribution in [0.2, 0.25) is 0 Å². The molecule has 2 aromatic rings. The lowest BCUT2D eigenvalue weighted by Gasteiger charge is -2.13. The molecule has 0 saturated heterocycles. The lowest BCUT2D eigenvalue weighted by Crippen LogP contribution is -2.02. The molecule has 0 aromatic heterocycles. The molecule has 0 bridgehead atoms. The first-order valence-corrected chi connectivity index (χ1v) is 6.13. The molecular weight excluding hydrogens is 273 g/mol. The number of hydrogen-bond acceptors (Lipinski definition) is 4. The normalized spacial score (nSPS) is 9.76. The van der Waals surface area contributed by atoms with Gasteiger partial charge >= 0.3 is 0 Å². The number of benzene rings is 2. The van der Waals surface area contributed by atoms with Crippen LogP contribution in [-0.4, -0.2) is 13.4 Å². The molecule has 0 N–H and O–H groups in total. The SMILES string of the molecule is COc1cccc(C=O)c1OCc1ccc(C#N)cc1F. The van der Waals surface area contributed by atoms with E-state index in [0.29, 0.717) is 17.6 Å². The molecule has 0 aliphatic heterocycles. The first-order valence-electron chi connectivity index (χ1n) is 6.13. The maximum Gasteiger partial charge on any atom is 0.172 e. The van der Waals surface area contributed by atoms with Crippen molar-refractivity contribution in [3.63, 3.8) is 0 Å². The van der Waals surface area contributed by atoms with Crippen LogP contribution < -0.4 is 9.47 Å². The van der Waals surface area contributed by atoms with Gasteiger partial charge in [-0.05, 0) is 24.3 Å². The Morgan fingerprint density at radius 1 is 1.33 bits per heavy atom. The molecule has 2 rings (SSSR count). The van der Waals surface area contributed by atoms with Crippen LogP contribution in [0, 0.1) is 17.1 Å². The highest BCUT2D eigenvalue weighted by Crippen LogP contribution is 2.30. The number of carbonyl (C=O) groups excluding carboxylic acids is 1. The van der Waals surface area contributed by atoms with Crippen LogP contribution in [0.15, 0.2) is 36.4 Å². The number of para-hydroxylation sites is 1. The summed E-state index contributed by atoms with van der Waals surface area (Å²) in [4.78, 5) is 11.0. The maximum absolute atomic E-state index is 13.8. The van der Waals surface area contributed by atoms with Gasteiger partial charge in [-0.2, -0.15) is 5.26 Å². The van der Waals surface area contributed by atoms with Crippen LogP contribution in [0.25, 0.3) is 0 Å². The summed E-state index contributed by atoms with van der Waals surface area (Å²) in [6, 6.07) is 10.9. The minimum absolute atomic E-state index is 0.0707. The number of halogens is 1. The van der Waals surface area contributed by atoms with Crippen LogP contribution in [-0.2, 0) is 6.61 Å². The van der Waals surface area contributed by atoms with Crippen molar-refractivity contribution in [2.75, 3.05) is 7.11 Å². The van der Waals surface area contributed by atoms with Crippen molar-refractivity contribution in [2.24, 2.45) is 0 Å². The summed E-state index contributed by atoms with van der Waals surface area (Å²) < 4.78 is 24.4. The van der Waals surface area contributed by atoms with Gasteiger partial charge in [0.1, 0.15) is 12.4 Å². The largest absolute Gasteiger partial charge is 0.493 e. The summed E-state index contributed by atoms with van der Waals surface area (Å²) in [5, 5.41) is 8.69. The maximum atomic E-state index is 13.8. The first-order chi connectivity index (χ1) is 10.2. The highest BCUT2D eigenvalue weighted by molar-refractivity contribution is 5.81. The number of carbonyl (C=O) groups is 1. The molecule has 0 aliphatic rings. The molecule has 0 atom stereocenters. The molecule has 0 unspecified atom stereocenters. The van der Waals surface area contributed by atoms with E-state index in [0.717, 1.165) is 6.07 Å². The van der Waals surface area contributed by atoms with E-state index >= 15 is 0 Å². The number of aldehydes is 1. The van der Waals surface area contributed by atoms with Crippen molar-refractivity contribution in [3.05, 3.63) is 58.9 Å². The summed E-state index contributed by atoms with van der Waals surface area (Å²) in [7, 11) is 1.46. The third kappa shape index (κ3) is 3.18. The van der Waals surface area contributed by atoms with E-state index in [2.05, 4.69) is 0 Å². The Morgan fingerprint density at radius 2 is 2.14 bits per heavy atom. The number of nitriles is 1. The molecular formula is C16H12FNO3. The van der Waals surface area contributed by atoms with Gasteiger partial charge in [-0.3, -0.25) is 4.79 Å². The van der Waals surface area contributed by atoms with E-state index in [9.17, 15) is 9.18 Å². The van der Waals surface area contributed by atoms with Crippen LogP contribution in [0.5, 0.6) is 11.5 Å². The summed E-state index contributed by atoms with van der Waals surface area (Å²) >= 11 is 0. The summed E-state index contributed by atoms with van der Waals surface area (Å²) in [6.45, 7) is -0.0707. The third-order valence-electron chi connectivity index (χ3n) is 2.91. The average molecular weight is 285 g/mol. The van der Waals surface area contributed by atoms with Crippen molar-refractivity contribution >= 4 is 6.29 Å². The second-order valence-corrected chi connectivity index (χ2v) is 4.20. The van der Waals surface area contributed by atoms with Crippen LogP contribution >= 0.6 is 0 Å². The number of hydrogen-bond donors (Lipinski definition) is 0. The van der Waals surface area contributed by atoms with E-state index < -0.39 is 5.82 Å². The van der Waals surface area contributed by atoms with E-state index in [4.69, 9.17) is 14.7 Å². The molecule has 5 heteroatoms. The summed E-state index contributed by atoms with van der Waals surface area (Å²) in [5.74, 6) is 0.129. The van der Waals surface area contributed by atoms with Gasteiger partial charge in [0, 0.05) is 5.56 Å². The number of methoxy groups -OCH3 is 1. The second-order valence-electron chi connectivity index (χ2n) is 4.20. The Kier molecular flexibility index (Phi) is 4.52. The van der Waals surface area contributed by atoms with Crippen molar-refractivity contribution in [3.8, 4) is 17.6 Å². The fraction of sp³-hybridized carbons (Fsp3) is 0.125. The molecule has 2 aromatic carbocycles. The fourth-order valence-electron chi connectivity index (χ4n) is 1.82. The summed E-state index contributed by atoms with van der Waals surface area (Å²) in [6.07, 6.45) is 0.646. The van der Waals surface area contributed by atoms with Crippen molar-refractivity contribution in [2.45, 2.75) is 6.61 Å². The van der Waals surface area contributed by atoms with Crippen LogP contribution in [0.4, 0.5) is 4.39 Å². The van der Waals surface area contributed by atoms with Gasteiger partial charge in [-0.15, -0.1) is 0 Å². The lowest BCUT2D eigenvalue weighted by atomic mass is 10.1. The Balaban J connectivity index is 2.24. The highest BCUT2D eigenvalue weighted by Gasteiger charge is 2.12. The zero-order valence-corrected chi connectivity index (χ0v) is 11.3. The molecule has 0 aliphatic carbocycles. The molecule has 0 heterocycles. The minimum Gasteiger partial charge on any atom is -0.493 e. The first kappa shape index (κ1) is 14.5. The molecule has 21 heavy (non-hydrogen) atoms. The zero-order chi connectivity index (χ0) is 15.2. The van der Waals surface area contributed by atoms with E-state index in [1.165, 1.54) is 19.2 Å². The van der Waals surface area contributed by atoms with E-state index in [1.807, 2.05) is 6.07 Å². The Morgan fingerprint density at radius 3 is 2.76 bits per heavy atom. The quantitative estimate of drug-likeness (QED) is 0.792. The van der Waals surface area contributed by atoms with Gasteiger partial charge < -0.3 is 9.47 Å². The third-order valence-corrected chi connectivity index (χ3v) is 2.91. The van der Waals surface area contributed by atoms with E-state index in [1.54, 1.807) is 18.2 Å². The number of rotatable bonds is 5. The molecule has 4 nitrogen and oxygen atoms in total. The van der Waals surface area contributed by atoms with Crippen molar-refractivity contribution in [1.29, 1.82) is 5.26 Å². The average Bonchev–Trinajstić information content (AvgIpc) is 2.53. The van der Waals surface area contributed by atoms with Crippen LogP contribution in [0.1, 0.15) is 21.5 Å². The number of nitrogens with zero attached hydrogens (tertiary/aromatic N) is 1.